The summed E-state index contributed by atoms with van der Waals surface area (Å²) in [6.07, 6.45) is 0. The predicted octanol–water partition coefficient (Wildman–Crippen LogP) is 2.57. The van der Waals surface area contributed by atoms with Crippen LogP contribution in [0, 0.1) is 0 Å². The fraction of sp³-hybridized carbons (Fsp3) is 0.429. The second-order valence-corrected chi connectivity index (χ2v) is 7.06. The molecule has 2 atom stereocenters. The third-order valence-electron chi connectivity index (χ3n) is 3.29. The van der Waals surface area contributed by atoms with Gasteiger partial charge in [0.05, 0.1) is 6.61 Å². The third-order valence-corrected chi connectivity index (χ3v) is 5.87. The Balaban J connectivity index is 2.52. The van der Waals surface area contributed by atoms with Crippen LogP contribution in [0.1, 0.15) is 12.5 Å². The highest BCUT2D eigenvalue weighted by atomic mass is 79.9. The SMILES string of the molecule is CCOC(=O)[C@@]1(O)c2ccccc2NC(=S)N1C[C@@H](Br)CBr. The van der Waals surface area contributed by atoms with Gasteiger partial charge in [0.2, 0.25) is 0 Å². The molecule has 0 radical (unpaired) electrons. The number of benzene rings is 1. The van der Waals surface area contributed by atoms with Gasteiger partial charge in [-0.3, -0.25) is 0 Å². The third kappa shape index (κ3) is 3.15. The van der Waals surface area contributed by atoms with Crippen molar-refractivity contribution in [1.82, 2.24) is 4.90 Å². The first-order valence-corrected chi connectivity index (χ1v) is 9.17. The van der Waals surface area contributed by atoms with Crippen molar-refractivity contribution in [3.8, 4) is 0 Å². The maximum absolute atomic E-state index is 12.5. The number of hydrogen-bond donors (Lipinski definition) is 2. The van der Waals surface area contributed by atoms with Gasteiger partial charge >= 0.3 is 5.97 Å². The van der Waals surface area contributed by atoms with E-state index in [1.54, 1.807) is 31.2 Å². The highest BCUT2D eigenvalue weighted by Gasteiger charge is 2.51. The fourth-order valence-electron chi connectivity index (χ4n) is 2.28. The van der Waals surface area contributed by atoms with E-state index in [0.717, 1.165) is 0 Å². The van der Waals surface area contributed by atoms with Crippen LogP contribution in [-0.2, 0) is 15.3 Å². The molecule has 0 unspecified atom stereocenters. The lowest BCUT2D eigenvalue weighted by molar-refractivity contribution is -0.183. The second-order valence-electron chi connectivity index (χ2n) is 4.73. The number of carbonyl (C=O) groups excluding carboxylic acids is 1. The molecule has 2 rings (SSSR count). The number of alkyl halides is 2. The van der Waals surface area contributed by atoms with Crippen LogP contribution in [0.25, 0.3) is 0 Å². The van der Waals surface area contributed by atoms with Crippen molar-refractivity contribution in [3.63, 3.8) is 0 Å². The van der Waals surface area contributed by atoms with Crippen molar-refractivity contribution in [2.75, 3.05) is 23.8 Å². The molecule has 8 heteroatoms. The zero-order valence-electron chi connectivity index (χ0n) is 11.9. The Morgan fingerprint density at radius 1 is 1.55 bits per heavy atom. The minimum absolute atomic E-state index is 0.00142. The lowest BCUT2D eigenvalue weighted by Crippen LogP contribution is -2.60. The quantitative estimate of drug-likeness (QED) is 0.407. The van der Waals surface area contributed by atoms with Gasteiger partial charge in [-0.2, -0.15) is 0 Å². The zero-order valence-corrected chi connectivity index (χ0v) is 15.9. The molecule has 0 aromatic heterocycles. The molecular weight excluding hydrogens is 436 g/mol. The molecule has 1 aliphatic heterocycles. The van der Waals surface area contributed by atoms with Crippen molar-refractivity contribution < 1.29 is 14.6 Å². The number of rotatable bonds is 5. The maximum Gasteiger partial charge on any atom is 0.365 e. The Hall–Kier alpha value is -0.700. The van der Waals surface area contributed by atoms with Crippen LogP contribution in [0.5, 0.6) is 0 Å². The van der Waals surface area contributed by atoms with Gasteiger partial charge < -0.3 is 20.1 Å². The van der Waals surface area contributed by atoms with Crippen LogP contribution >= 0.6 is 44.1 Å². The summed E-state index contributed by atoms with van der Waals surface area (Å²) in [6.45, 7) is 2.21. The summed E-state index contributed by atoms with van der Waals surface area (Å²) >= 11 is 12.2. The molecule has 5 nitrogen and oxygen atoms in total. The number of anilines is 1. The topological polar surface area (TPSA) is 61.8 Å². The van der Waals surface area contributed by atoms with Crippen LogP contribution in [0.4, 0.5) is 5.69 Å². The van der Waals surface area contributed by atoms with Crippen LogP contribution in [-0.4, -0.2) is 44.4 Å². The Labute approximate surface area is 151 Å². The number of nitrogens with one attached hydrogen (secondary N) is 1. The first-order chi connectivity index (χ1) is 10.4. The van der Waals surface area contributed by atoms with Gasteiger partial charge in [0, 0.05) is 28.0 Å². The number of halogens is 2. The largest absolute Gasteiger partial charge is 0.462 e. The molecule has 0 bridgehead atoms. The van der Waals surface area contributed by atoms with Crippen molar-refractivity contribution in [3.05, 3.63) is 29.8 Å². The second kappa shape index (κ2) is 7.25. The van der Waals surface area contributed by atoms with E-state index in [9.17, 15) is 9.90 Å². The van der Waals surface area contributed by atoms with Gasteiger partial charge in [0.25, 0.3) is 5.72 Å². The average molecular weight is 452 g/mol. The summed E-state index contributed by atoms with van der Waals surface area (Å²) in [5.74, 6) is -0.736. The standard InChI is InChI=1S/C14H16Br2N2O3S/c1-2-21-12(19)14(20)10-5-3-4-6-11(10)17-13(22)18(14)8-9(16)7-15/h3-6,9,20H,2,7-8H2,1H3,(H,17,22)/t9-,14-/m0/s1. The van der Waals surface area contributed by atoms with Gasteiger partial charge in [-0.25, -0.2) is 4.79 Å². The number of ether oxygens (including phenoxy) is 1. The highest BCUT2D eigenvalue weighted by molar-refractivity contribution is 9.12. The number of fused-ring (bicyclic) bond motifs is 1. The van der Waals surface area contributed by atoms with Gasteiger partial charge in [-0.1, -0.05) is 50.1 Å². The van der Waals surface area contributed by atoms with E-state index in [1.807, 2.05) is 0 Å². The number of esters is 1. The lowest BCUT2D eigenvalue weighted by atomic mass is 9.96. The van der Waals surface area contributed by atoms with Crippen molar-refractivity contribution in [2.24, 2.45) is 0 Å². The van der Waals surface area contributed by atoms with E-state index in [1.165, 1.54) is 4.90 Å². The number of carbonyl (C=O) groups is 1. The summed E-state index contributed by atoms with van der Waals surface area (Å²) in [4.78, 5) is 13.9. The summed E-state index contributed by atoms with van der Waals surface area (Å²) in [7, 11) is 0. The fourth-order valence-corrected chi connectivity index (χ4v) is 3.10. The Morgan fingerprint density at radius 2 is 2.23 bits per heavy atom. The van der Waals surface area contributed by atoms with E-state index in [-0.39, 0.29) is 16.5 Å². The van der Waals surface area contributed by atoms with E-state index in [4.69, 9.17) is 17.0 Å². The molecule has 1 heterocycles. The van der Waals surface area contributed by atoms with Gasteiger partial charge in [0.1, 0.15) is 0 Å². The molecule has 1 aromatic carbocycles. The summed E-state index contributed by atoms with van der Waals surface area (Å²) < 4.78 is 5.09. The smallest absolute Gasteiger partial charge is 0.365 e. The van der Waals surface area contributed by atoms with Crippen LogP contribution in [0.3, 0.4) is 0 Å². The van der Waals surface area contributed by atoms with E-state index < -0.39 is 11.7 Å². The van der Waals surface area contributed by atoms with Crippen molar-refractivity contribution in [2.45, 2.75) is 17.5 Å². The molecule has 2 N–H and O–H groups in total. The number of hydrogen-bond acceptors (Lipinski definition) is 4. The molecule has 1 aliphatic rings. The summed E-state index contributed by atoms with van der Waals surface area (Å²) in [5, 5.41) is 15.2. The number of aliphatic hydroxyl groups is 1. The molecule has 22 heavy (non-hydrogen) atoms. The maximum atomic E-state index is 12.5. The minimum atomic E-state index is -1.94. The van der Waals surface area contributed by atoms with E-state index in [0.29, 0.717) is 23.1 Å². The van der Waals surface area contributed by atoms with Crippen molar-refractivity contribution >= 4 is 60.8 Å². The molecule has 1 aromatic rings. The molecule has 0 aliphatic carbocycles. The number of para-hydroxylation sites is 1. The van der Waals surface area contributed by atoms with Crippen molar-refractivity contribution in [1.29, 1.82) is 0 Å². The highest BCUT2D eigenvalue weighted by Crippen LogP contribution is 2.38. The molecule has 0 saturated heterocycles. The van der Waals surface area contributed by atoms with E-state index in [2.05, 4.69) is 37.2 Å². The van der Waals surface area contributed by atoms with Crippen LogP contribution < -0.4 is 5.32 Å². The number of nitrogens with zero attached hydrogens (tertiary/aromatic N) is 1. The molecule has 0 spiro atoms. The zero-order chi connectivity index (χ0) is 16.3. The molecule has 0 amide bonds. The molecule has 120 valence electrons. The Kier molecular flexibility index (Phi) is 5.81. The molecule has 0 saturated carbocycles. The Morgan fingerprint density at radius 3 is 2.86 bits per heavy atom. The van der Waals surface area contributed by atoms with Crippen LogP contribution in [0.2, 0.25) is 0 Å². The van der Waals surface area contributed by atoms with Crippen LogP contribution in [0.15, 0.2) is 24.3 Å². The number of thiocarbonyl (C=S) groups is 1. The normalized spacial score (nSPS) is 21.8. The first kappa shape index (κ1) is 17.7. The predicted molar refractivity (Wildman–Crippen MR) is 96.4 cm³/mol. The minimum Gasteiger partial charge on any atom is -0.462 e. The first-order valence-electron chi connectivity index (χ1n) is 6.72. The van der Waals surface area contributed by atoms with Gasteiger partial charge in [-0.15, -0.1) is 0 Å². The van der Waals surface area contributed by atoms with Gasteiger partial charge in [-0.05, 0) is 25.2 Å². The summed E-state index contributed by atoms with van der Waals surface area (Å²) in [5.41, 5.74) is -0.913. The van der Waals surface area contributed by atoms with E-state index >= 15 is 0 Å². The molecule has 0 fully saturated rings. The van der Waals surface area contributed by atoms with Gasteiger partial charge in [0.15, 0.2) is 5.11 Å². The lowest BCUT2D eigenvalue weighted by Gasteiger charge is -2.44. The monoisotopic (exact) mass is 450 g/mol. The molecular formula is C14H16Br2N2O3S. The Bertz CT molecular complexity index is 587. The average Bonchev–Trinajstić information content (AvgIpc) is 2.51. The summed E-state index contributed by atoms with van der Waals surface area (Å²) in [6, 6.07) is 7.01.